The minimum Gasteiger partial charge on any atom is -0.249 e. The fraction of sp³-hybridized carbons (Fsp3) is 0.0714. The van der Waals surface area contributed by atoms with Gasteiger partial charge >= 0.3 is 6.18 Å². The minimum absolute atomic E-state index is 0.331. The molecule has 0 unspecified atom stereocenters. The molecule has 0 aliphatic heterocycles. The highest BCUT2D eigenvalue weighted by atomic mass is 32.2. The van der Waals surface area contributed by atoms with Crippen molar-refractivity contribution in [1.82, 2.24) is 15.0 Å². The Balaban J connectivity index is 1.95. The normalized spacial score (nSPS) is 11.8. The molecule has 22 heavy (non-hydrogen) atoms. The molecule has 0 saturated heterocycles. The summed E-state index contributed by atoms with van der Waals surface area (Å²) in [5.41, 5.74) is -0.277. The van der Waals surface area contributed by atoms with Gasteiger partial charge in [-0.15, -0.1) is 0 Å². The van der Waals surface area contributed by atoms with Crippen LogP contribution in [-0.4, -0.2) is 15.0 Å². The number of pyridine rings is 1. The number of benzene rings is 1. The maximum Gasteiger partial charge on any atom is 0.417 e. The van der Waals surface area contributed by atoms with Gasteiger partial charge < -0.3 is 0 Å². The van der Waals surface area contributed by atoms with Crippen molar-refractivity contribution in [2.24, 2.45) is 0 Å². The van der Waals surface area contributed by atoms with Crippen LogP contribution in [0.2, 0.25) is 0 Å². The van der Waals surface area contributed by atoms with E-state index in [-0.39, 0.29) is 0 Å². The number of nitrogens with zero attached hydrogens (tertiary/aromatic N) is 3. The molecule has 1 aromatic carbocycles. The van der Waals surface area contributed by atoms with Gasteiger partial charge in [-0.1, -0.05) is 0 Å². The maximum atomic E-state index is 13.3. The van der Waals surface area contributed by atoms with E-state index in [1.54, 1.807) is 0 Å². The molecule has 0 aliphatic rings. The van der Waals surface area contributed by atoms with Crippen LogP contribution < -0.4 is 0 Å². The molecule has 0 radical (unpaired) electrons. The first kappa shape index (κ1) is 14.7. The van der Waals surface area contributed by atoms with Crippen LogP contribution in [0.15, 0.2) is 52.9 Å². The van der Waals surface area contributed by atoms with E-state index in [9.17, 15) is 17.6 Å². The van der Waals surface area contributed by atoms with E-state index in [4.69, 9.17) is 0 Å². The van der Waals surface area contributed by atoms with Crippen molar-refractivity contribution < 1.29 is 17.6 Å². The first-order chi connectivity index (χ1) is 10.4. The molecular formula is C14H7F4N3S. The van der Waals surface area contributed by atoms with Crippen molar-refractivity contribution in [3.05, 3.63) is 54.2 Å². The molecule has 3 aromatic rings. The fourth-order valence-corrected chi connectivity index (χ4v) is 2.61. The van der Waals surface area contributed by atoms with Gasteiger partial charge in [-0.25, -0.2) is 19.3 Å². The Morgan fingerprint density at radius 1 is 0.955 bits per heavy atom. The third-order valence-electron chi connectivity index (χ3n) is 2.83. The Labute approximate surface area is 126 Å². The second-order valence-electron chi connectivity index (χ2n) is 4.33. The molecular weight excluding hydrogens is 318 g/mol. The summed E-state index contributed by atoms with van der Waals surface area (Å²) in [6.07, 6.45) is -2.36. The lowest BCUT2D eigenvalue weighted by atomic mass is 10.2. The van der Waals surface area contributed by atoms with Gasteiger partial charge in [0.2, 0.25) is 0 Å². The SMILES string of the molecule is Fc1ccc2ncnc(Sc3ccc(C(F)(F)F)cn3)c2c1. The van der Waals surface area contributed by atoms with Gasteiger partial charge in [-0.05, 0) is 42.1 Å². The van der Waals surface area contributed by atoms with Crippen molar-refractivity contribution in [3.63, 3.8) is 0 Å². The molecule has 0 bridgehead atoms. The first-order valence-electron chi connectivity index (χ1n) is 6.05. The van der Waals surface area contributed by atoms with Gasteiger partial charge in [0, 0.05) is 11.6 Å². The number of rotatable bonds is 2. The van der Waals surface area contributed by atoms with E-state index >= 15 is 0 Å². The number of hydrogen-bond donors (Lipinski definition) is 0. The van der Waals surface area contributed by atoms with E-state index in [2.05, 4.69) is 15.0 Å². The monoisotopic (exact) mass is 325 g/mol. The predicted molar refractivity (Wildman–Crippen MR) is 72.9 cm³/mol. The van der Waals surface area contributed by atoms with Crippen LogP contribution in [0.5, 0.6) is 0 Å². The lowest BCUT2D eigenvalue weighted by Gasteiger charge is -2.07. The van der Waals surface area contributed by atoms with Crippen LogP contribution in [0, 0.1) is 5.82 Å². The van der Waals surface area contributed by atoms with Gasteiger partial charge in [0.15, 0.2) is 0 Å². The second kappa shape index (κ2) is 5.53. The largest absolute Gasteiger partial charge is 0.417 e. The van der Waals surface area contributed by atoms with Crippen LogP contribution in [0.25, 0.3) is 10.9 Å². The first-order valence-corrected chi connectivity index (χ1v) is 6.86. The van der Waals surface area contributed by atoms with Crippen LogP contribution >= 0.6 is 11.8 Å². The summed E-state index contributed by atoms with van der Waals surface area (Å²) in [5, 5.41) is 1.24. The molecule has 0 fully saturated rings. The predicted octanol–water partition coefficient (Wildman–Crippen LogP) is 4.33. The third-order valence-corrected chi connectivity index (χ3v) is 3.80. The molecule has 3 nitrogen and oxygen atoms in total. The molecule has 0 spiro atoms. The molecule has 2 heterocycles. The summed E-state index contributed by atoms with van der Waals surface area (Å²) in [6, 6.07) is 6.26. The zero-order valence-electron chi connectivity index (χ0n) is 10.8. The Morgan fingerprint density at radius 3 is 2.45 bits per heavy atom. The lowest BCUT2D eigenvalue weighted by Crippen LogP contribution is -2.05. The van der Waals surface area contributed by atoms with Crippen LogP contribution in [0.1, 0.15) is 5.56 Å². The second-order valence-corrected chi connectivity index (χ2v) is 5.33. The van der Waals surface area contributed by atoms with Crippen molar-refractivity contribution in [3.8, 4) is 0 Å². The van der Waals surface area contributed by atoms with Crippen molar-refractivity contribution in [1.29, 1.82) is 0 Å². The molecule has 0 amide bonds. The van der Waals surface area contributed by atoms with Gasteiger partial charge in [0.05, 0.1) is 11.1 Å². The smallest absolute Gasteiger partial charge is 0.249 e. The van der Waals surface area contributed by atoms with Crippen molar-refractivity contribution in [2.45, 2.75) is 16.2 Å². The van der Waals surface area contributed by atoms with E-state index in [1.807, 2.05) is 0 Å². The summed E-state index contributed by atoms with van der Waals surface area (Å²) in [5.74, 6) is -0.440. The molecule has 0 aliphatic carbocycles. The molecule has 2 aromatic heterocycles. The fourth-order valence-electron chi connectivity index (χ4n) is 1.79. The Hall–Kier alpha value is -2.22. The molecule has 3 rings (SSSR count). The summed E-state index contributed by atoms with van der Waals surface area (Å²) in [7, 11) is 0. The zero-order valence-corrected chi connectivity index (χ0v) is 11.6. The summed E-state index contributed by atoms with van der Waals surface area (Å²) < 4.78 is 50.8. The molecule has 0 N–H and O–H groups in total. The van der Waals surface area contributed by atoms with E-state index < -0.39 is 17.6 Å². The minimum atomic E-state index is -4.43. The number of alkyl halides is 3. The lowest BCUT2D eigenvalue weighted by molar-refractivity contribution is -0.137. The number of halogens is 4. The third kappa shape index (κ3) is 3.01. The van der Waals surface area contributed by atoms with E-state index in [0.29, 0.717) is 21.0 Å². The highest BCUT2D eigenvalue weighted by Gasteiger charge is 2.30. The Morgan fingerprint density at radius 2 is 1.77 bits per heavy atom. The van der Waals surface area contributed by atoms with Gasteiger partial charge in [0.1, 0.15) is 22.2 Å². The molecule has 0 atom stereocenters. The van der Waals surface area contributed by atoms with E-state index in [0.717, 1.165) is 24.0 Å². The number of hydrogen-bond acceptors (Lipinski definition) is 4. The quantitative estimate of drug-likeness (QED) is 0.519. The molecule has 8 heteroatoms. The summed E-state index contributed by atoms with van der Waals surface area (Å²) >= 11 is 1.05. The number of aromatic nitrogens is 3. The Kier molecular flexibility index (Phi) is 3.69. The van der Waals surface area contributed by atoms with Gasteiger partial charge in [0.25, 0.3) is 0 Å². The maximum absolute atomic E-state index is 13.3. The molecule has 112 valence electrons. The average molecular weight is 325 g/mol. The van der Waals surface area contributed by atoms with Crippen LogP contribution in [-0.2, 0) is 6.18 Å². The summed E-state index contributed by atoms with van der Waals surface area (Å²) in [6.45, 7) is 0. The highest BCUT2D eigenvalue weighted by Crippen LogP contribution is 2.33. The van der Waals surface area contributed by atoms with Crippen LogP contribution in [0.4, 0.5) is 17.6 Å². The van der Waals surface area contributed by atoms with Crippen LogP contribution in [0.3, 0.4) is 0 Å². The standard InChI is InChI=1S/C14H7F4N3S/c15-9-2-3-11-10(5-9)13(21-7-20-11)22-12-4-1-8(6-19-12)14(16,17)18/h1-7H. The van der Waals surface area contributed by atoms with E-state index in [1.165, 1.54) is 30.6 Å². The summed E-state index contributed by atoms with van der Waals surface area (Å²) in [4.78, 5) is 11.8. The zero-order chi connectivity index (χ0) is 15.7. The highest BCUT2D eigenvalue weighted by molar-refractivity contribution is 7.99. The average Bonchev–Trinajstić information content (AvgIpc) is 2.47. The number of fused-ring (bicyclic) bond motifs is 1. The van der Waals surface area contributed by atoms with Gasteiger partial charge in [-0.3, -0.25) is 0 Å². The topological polar surface area (TPSA) is 38.7 Å². The molecule has 0 saturated carbocycles. The Bertz CT molecular complexity index is 818. The van der Waals surface area contributed by atoms with Gasteiger partial charge in [-0.2, -0.15) is 13.2 Å². The van der Waals surface area contributed by atoms with Crippen molar-refractivity contribution >= 4 is 22.7 Å². The van der Waals surface area contributed by atoms with Crippen molar-refractivity contribution in [2.75, 3.05) is 0 Å².